The lowest BCUT2D eigenvalue weighted by atomic mass is 10.1. The minimum atomic E-state index is -2.35. The molecule has 2 amide bonds. The van der Waals surface area contributed by atoms with E-state index in [1.54, 1.807) is 50.2 Å². The molecule has 0 radical (unpaired) electrons. The quantitative estimate of drug-likeness (QED) is 0.111. The minimum Gasteiger partial charge on any atom is -0.322 e. The summed E-state index contributed by atoms with van der Waals surface area (Å²) in [6.45, 7) is 7.02. The van der Waals surface area contributed by atoms with Crippen LogP contribution in [0.1, 0.15) is 27.8 Å². The molecule has 35 heavy (non-hydrogen) atoms. The average Bonchev–Trinajstić information content (AvgIpc) is 2.80. The largest absolute Gasteiger partial charge is 0.322 e. The molecule has 2 N–H and O–H groups in total. The van der Waals surface area contributed by atoms with Gasteiger partial charge in [-0.15, -0.1) is 0 Å². The molecule has 0 atom stereocenters. The Hall–Kier alpha value is -4.01. The summed E-state index contributed by atoms with van der Waals surface area (Å²) in [5, 5.41) is 4.91. The number of nitrogens with one attached hydrogen (secondary N) is 2. The molecule has 0 unspecified atom stereocenters. The standard InChI is InChI=1S/C26H21F5N2O2/c1-12-5-7-18(14(3)9-12)32-25(34)17(26(35)33-19-8-6-13(2)10-15(19)4)11-16-20(27)22(29)24(31)23(30)21(16)28/h5-11H,1-4H3,(H,32,34)(H,33,35). The lowest BCUT2D eigenvalue weighted by molar-refractivity contribution is -0.118. The topological polar surface area (TPSA) is 58.2 Å². The summed E-state index contributed by atoms with van der Waals surface area (Å²) < 4.78 is 69.6. The van der Waals surface area contributed by atoms with E-state index in [0.29, 0.717) is 28.6 Å². The Labute approximate surface area is 198 Å². The highest BCUT2D eigenvalue weighted by Gasteiger charge is 2.28. The molecule has 0 aromatic heterocycles. The summed E-state index contributed by atoms with van der Waals surface area (Å²) in [6.07, 6.45) is 0.341. The third-order valence-corrected chi connectivity index (χ3v) is 5.28. The van der Waals surface area contributed by atoms with Crippen molar-refractivity contribution in [2.24, 2.45) is 0 Å². The van der Waals surface area contributed by atoms with Crippen molar-refractivity contribution in [1.29, 1.82) is 0 Å². The Morgan fingerprint density at radius 1 is 0.629 bits per heavy atom. The summed E-state index contributed by atoms with van der Waals surface area (Å²) >= 11 is 0. The van der Waals surface area contributed by atoms with Gasteiger partial charge >= 0.3 is 0 Å². The van der Waals surface area contributed by atoms with Gasteiger partial charge in [0.05, 0.1) is 5.56 Å². The highest BCUT2D eigenvalue weighted by atomic mass is 19.2. The van der Waals surface area contributed by atoms with Crippen LogP contribution < -0.4 is 10.6 Å². The molecule has 4 nitrogen and oxygen atoms in total. The van der Waals surface area contributed by atoms with Crippen LogP contribution >= 0.6 is 0 Å². The van der Waals surface area contributed by atoms with E-state index < -0.39 is 52.0 Å². The molecule has 3 aromatic carbocycles. The number of halogens is 5. The molecule has 9 heteroatoms. The molecule has 0 aliphatic heterocycles. The van der Waals surface area contributed by atoms with Gasteiger partial charge in [0.15, 0.2) is 23.3 Å². The molecule has 0 aliphatic rings. The number of anilines is 2. The molecule has 0 heterocycles. The van der Waals surface area contributed by atoms with Crippen molar-refractivity contribution < 1.29 is 31.5 Å². The first-order valence-corrected chi connectivity index (χ1v) is 10.4. The third kappa shape index (κ3) is 5.40. The fourth-order valence-corrected chi connectivity index (χ4v) is 3.41. The molecule has 3 aromatic rings. The van der Waals surface area contributed by atoms with Crippen molar-refractivity contribution >= 4 is 29.3 Å². The molecule has 3 rings (SSSR count). The Balaban J connectivity index is 2.11. The number of amides is 2. The van der Waals surface area contributed by atoms with Crippen molar-refractivity contribution in [1.82, 2.24) is 0 Å². The van der Waals surface area contributed by atoms with Crippen LogP contribution in [0, 0.1) is 56.8 Å². The Kier molecular flexibility index (Phi) is 7.38. The van der Waals surface area contributed by atoms with Gasteiger partial charge in [-0.2, -0.15) is 0 Å². The zero-order valence-corrected chi connectivity index (χ0v) is 19.2. The van der Waals surface area contributed by atoms with Crippen molar-refractivity contribution in [3.63, 3.8) is 0 Å². The van der Waals surface area contributed by atoms with Crippen LogP contribution in [0.25, 0.3) is 6.08 Å². The number of aryl methyl sites for hydroxylation is 4. The van der Waals surface area contributed by atoms with Gasteiger partial charge in [-0.25, -0.2) is 22.0 Å². The minimum absolute atomic E-state index is 0.295. The number of benzene rings is 3. The molecular weight excluding hydrogens is 467 g/mol. The monoisotopic (exact) mass is 488 g/mol. The average molecular weight is 488 g/mol. The van der Waals surface area contributed by atoms with Crippen LogP contribution in [-0.2, 0) is 9.59 Å². The van der Waals surface area contributed by atoms with E-state index in [2.05, 4.69) is 10.6 Å². The Morgan fingerprint density at radius 3 is 1.37 bits per heavy atom. The van der Waals surface area contributed by atoms with Gasteiger partial charge in [-0.3, -0.25) is 9.59 Å². The van der Waals surface area contributed by atoms with Crippen molar-refractivity contribution in [3.05, 3.63) is 98.9 Å². The van der Waals surface area contributed by atoms with Crippen LogP contribution in [0.2, 0.25) is 0 Å². The first-order valence-electron chi connectivity index (χ1n) is 10.4. The van der Waals surface area contributed by atoms with E-state index in [4.69, 9.17) is 0 Å². The highest BCUT2D eigenvalue weighted by molar-refractivity contribution is 6.29. The molecule has 0 spiro atoms. The SMILES string of the molecule is Cc1ccc(NC(=O)C(=Cc2c(F)c(F)c(F)c(F)c2F)C(=O)Nc2ccc(C)cc2C)c(C)c1. The number of hydrogen-bond donors (Lipinski definition) is 2. The predicted molar refractivity (Wildman–Crippen MR) is 123 cm³/mol. The fraction of sp³-hybridized carbons (Fsp3) is 0.154. The summed E-state index contributed by atoms with van der Waals surface area (Å²) in [5.74, 6) is -13.3. The second-order valence-corrected chi connectivity index (χ2v) is 8.09. The maximum absolute atomic E-state index is 14.3. The van der Waals surface area contributed by atoms with Crippen molar-refractivity contribution in [2.45, 2.75) is 27.7 Å². The summed E-state index contributed by atoms with van der Waals surface area (Å²) in [6, 6.07) is 9.98. The summed E-state index contributed by atoms with van der Waals surface area (Å²) in [7, 11) is 0. The number of carbonyl (C=O) groups is 2. The second kappa shape index (κ2) is 10.1. The van der Waals surface area contributed by atoms with E-state index in [0.717, 1.165) is 11.1 Å². The van der Waals surface area contributed by atoms with E-state index in [1.807, 2.05) is 13.8 Å². The first-order chi connectivity index (χ1) is 16.4. The summed E-state index contributed by atoms with van der Waals surface area (Å²) in [4.78, 5) is 26.1. The van der Waals surface area contributed by atoms with E-state index in [-0.39, 0.29) is 0 Å². The first kappa shape index (κ1) is 25.6. The van der Waals surface area contributed by atoms with Gasteiger partial charge in [-0.1, -0.05) is 35.4 Å². The van der Waals surface area contributed by atoms with Gasteiger partial charge in [0.2, 0.25) is 5.82 Å². The Bertz CT molecular complexity index is 1290. The fourth-order valence-electron chi connectivity index (χ4n) is 3.41. The lowest BCUT2D eigenvalue weighted by Gasteiger charge is -2.14. The highest BCUT2D eigenvalue weighted by Crippen LogP contribution is 2.26. The number of rotatable bonds is 5. The van der Waals surface area contributed by atoms with Crippen LogP contribution in [0.3, 0.4) is 0 Å². The van der Waals surface area contributed by atoms with Crippen molar-refractivity contribution in [2.75, 3.05) is 10.6 Å². The van der Waals surface area contributed by atoms with Crippen LogP contribution in [0.5, 0.6) is 0 Å². The van der Waals surface area contributed by atoms with Crippen LogP contribution in [-0.4, -0.2) is 11.8 Å². The predicted octanol–water partition coefficient (Wildman–Crippen LogP) is 6.28. The smallest absolute Gasteiger partial charge is 0.261 e. The lowest BCUT2D eigenvalue weighted by Crippen LogP contribution is -2.26. The molecule has 0 saturated heterocycles. The maximum Gasteiger partial charge on any atom is 0.261 e. The number of hydrogen-bond acceptors (Lipinski definition) is 2. The maximum atomic E-state index is 14.3. The van der Waals surface area contributed by atoms with Gasteiger partial charge < -0.3 is 10.6 Å². The molecule has 0 bridgehead atoms. The summed E-state index contributed by atoms with van der Waals surface area (Å²) in [5.41, 5.74) is 1.35. The zero-order valence-electron chi connectivity index (χ0n) is 19.2. The van der Waals surface area contributed by atoms with E-state index in [9.17, 15) is 31.5 Å². The van der Waals surface area contributed by atoms with Crippen LogP contribution in [0.4, 0.5) is 33.3 Å². The second-order valence-electron chi connectivity index (χ2n) is 8.09. The van der Waals surface area contributed by atoms with Gasteiger partial charge in [0, 0.05) is 11.4 Å². The van der Waals surface area contributed by atoms with Crippen molar-refractivity contribution in [3.8, 4) is 0 Å². The molecule has 0 saturated carbocycles. The molecule has 182 valence electrons. The van der Waals surface area contributed by atoms with Gasteiger partial charge in [0.1, 0.15) is 5.57 Å². The van der Waals surface area contributed by atoms with Gasteiger partial charge in [0.25, 0.3) is 11.8 Å². The Morgan fingerprint density at radius 2 is 1.00 bits per heavy atom. The number of carbonyl (C=O) groups excluding carboxylic acids is 2. The molecule has 0 aliphatic carbocycles. The molecular formula is C26H21F5N2O2. The molecule has 0 fully saturated rings. The third-order valence-electron chi connectivity index (χ3n) is 5.28. The normalized spacial score (nSPS) is 10.7. The van der Waals surface area contributed by atoms with Crippen LogP contribution in [0.15, 0.2) is 42.0 Å². The zero-order chi connectivity index (χ0) is 26.0. The van der Waals surface area contributed by atoms with Gasteiger partial charge in [-0.05, 0) is 57.0 Å². The van der Waals surface area contributed by atoms with E-state index >= 15 is 0 Å². The van der Waals surface area contributed by atoms with E-state index in [1.165, 1.54) is 0 Å².